The highest BCUT2D eigenvalue weighted by Crippen LogP contribution is 2.21. The molecule has 1 aliphatic rings. The van der Waals surface area contributed by atoms with Gasteiger partial charge in [-0.15, -0.1) is 0 Å². The summed E-state index contributed by atoms with van der Waals surface area (Å²) in [5, 5.41) is 1.06. The van der Waals surface area contributed by atoms with Crippen molar-refractivity contribution in [2.45, 2.75) is 18.9 Å². The molecule has 0 aromatic carbocycles. The fourth-order valence-electron chi connectivity index (χ4n) is 1.68. The first-order chi connectivity index (χ1) is 6.88. The van der Waals surface area contributed by atoms with Gasteiger partial charge in [0.2, 0.25) is 10.0 Å². The summed E-state index contributed by atoms with van der Waals surface area (Å²) in [7, 11) is -0.462. The molecule has 1 amide bonds. The van der Waals surface area contributed by atoms with Gasteiger partial charge in [0.05, 0.1) is 13.4 Å². The van der Waals surface area contributed by atoms with Crippen LogP contribution in [0.5, 0.6) is 0 Å². The van der Waals surface area contributed by atoms with Crippen LogP contribution in [0.1, 0.15) is 12.8 Å². The summed E-state index contributed by atoms with van der Waals surface area (Å²) in [6.07, 6.45) is 2.38. The van der Waals surface area contributed by atoms with Crippen molar-refractivity contribution < 1.29 is 18.0 Å². The number of hydrogen-bond acceptors (Lipinski definition) is 4. The quantitative estimate of drug-likeness (QED) is 0.615. The maximum absolute atomic E-state index is 11.7. The normalized spacial score (nSPS) is 23.0. The number of sulfonamides is 1. The van der Waals surface area contributed by atoms with E-state index < -0.39 is 16.1 Å². The summed E-state index contributed by atoms with van der Waals surface area (Å²) in [4.78, 5) is 16.5. The second kappa shape index (κ2) is 4.46. The Balaban J connectivity index is 2.82. The van der Waals surface area contributed by atoms with Crippen molar-refractivity contribution in [3.05, 3.63) is 0 Å². The molecule has 6 nitrogen and oxygen atoms in total. The Morgan fingerprint density at radius 2 is 2.13 bits per heavy atom. The van der Waals surface area contributed by atoms with Crippen LogP contribution in [0.25, 0.3) is 0 Å². The van der Waals surface area contributed by atoms with Crippen molar-refractivity contribution >= 4 is 15.9 Å². The molecule has 1 aliphatic heterocycles. The average molecular weight is 236 g/mol. The number of carbonyl (C=O) groups is 1. The third kappa shape index (κ3) is 2.67. The molecule has 1 atom stereocenters. The average Bonchev–Trinajstić information content (AvgIpc) is 2.63. The van der Waals surface area contributed by atoms with Gasteiger partial charge in [-0.1, -0.05) is 0 Å². The van der Waals surface area contributed by atoms with Crippen LogP contribution in [0.3, 0.4) is 0 Å². The number of likely N-dealkylation sites (N-methyl/N-ethyl adjacent to an activating group) is 1. The summed E-state index contributed by atoms with van der Waals surface area (Å²) in [5.41, 5.74) is 0. The molecule has 15 heavy (non-hydrogen) atoms. The van der Waals surface area contributed by atoms with Crippen LogP contribution < -0.4 is 0 Å². The van der Waals surface area contributed by atoms with Gasteiger partial charge < -0.3 is 0 Å². The molecule has 0 aliphatic carbocycles. The summed E-state index contributed by atoms with van der Waals surface area (Å²) in [6.45, 7) is 0.410. The third-order valence-corrected chi connectivity index (χ3v) is 3.79. The summed E-state index contributed by atoms with van der Waals surface area (Å²) >= 11 is 0. The molecule has 1 fully saturated rings. The van der Waals surface area contributed by atoms with E-state index in [0.717, 1.165) is 11.3 Å². The van der Waals surface area contributed by atoms with Crippen LogP contribution in [0, 0.1) is 0 Å². The van der Waals surface area contributed by atoms with Gasteiger partial charge >= 0.3 is 0 Å². The van der Waals surface area contributed by atoms with E-state index in [0.29, 0.717) is 19.4 Å². The fourth-order valence-corrected chi connectivity index (χ4v) is 2.80. The second-order valence-electron chi connectivity index (χ2n) is 3.55. The van der Waals surface area contributed by atoms with Crippen molar-refractivity contribution in [1.29, 1.82) is 0 Å². The van der Waals surface area contributed by atoms with E-state index in [1.165, 1.54) is 18.5 Å². The summed E-state index contributed by atoms with van der Waals surface area (Å²) in [5.74, 6) is -0.319. The van der Waals surface area contributed by atoms with Gasteiger partial charge in [-0.2, -0.15) is 4.31 Å². The topological polar surface area (TPSA) is 66.9 Å². The first-order valence-electron chi connectivity index (χ1n) is 4.66. The van der Waals surface area contributed by atoms with Gasteiger partial charge in [0.15, 0.2) is 0 Å². The Labute approximate surface area is 89.8 Å². The molecule has 0 radical (unpaired) electrons. The Bertz CT molecular complexity index is 341. The Hall–Kier alpha value is -0.660. The molecule has 88 valence electrons. The van der Waals surface area contributed by atoms with Gasteiger partial charge in [0.25, 0.3) is 5.91 Å². The van der Waals surface area contributed by atoms with Crippen LogP contribution in [0.2, 0.25) is 0 Å². The molecule has 0 aromatic heterocycles. The molecule has 1 heterocycles. The lowest BCUT2D eigenvalue weighted by atomic mass is 10.2. The molecule has 0 saturated carbocycles. The lowest BCUT2D eigenvalue weighted by Gasteiger charge is -2.24. The molecule has 7 heteroatoms. The number of amides is 1. The summed E-state index contributed by atoms with van der Waals surface area (Å²) < 4.78 is 24.0. The Morgan fingerprint density at radius 3 is 2.60 bits per heavy atom. The van der Waals surface area contributed by atoms with Gasteiger partial charge in [-0.3, -0.25) is 9.63 Å². The van der Waals surface area contributed by atoms with Crippen molar-refractivity contribution in [2.24, 2.45) is 0 Å². The number of hydroxylamine groups is 2. The van der Waals surface area contributed by atoms with Crippen molar-refractivity contribution in [2.75, 3.05) is 27.0 Å². The van der Waals surface area contributed by atoms with Gasteiger partial charge in [0.1, 0.15) is 6.04 Å². The predicted molar refractivity (Wildman–Crippen MR) is 54.4 cm³/mol. The lowest BCUT2D eigenvalue weighted by molar-refractivity contribution is -0.172. The minimum Gasteiger partial charge on any atom is -0.275 e. The first kappa shape index (κ1) is 12.4. The van der Waals surface area contributed by atoms with Gasteiger partial charge in [0, 0.05) is 13.6 Å². The van der Waals surface area contributed by atoms with Crippen LogP contribution in [-0.4, -0.2) is 56.7 Å². The predicted octanol–water partition coefficient (Wildman–Crippen LogP) is -0.570. The molecular weight excluding hydrogens is 220 g/mol. The van der Waals surface area contributed by atoms with Crippen molar-refractivity contribution in [1.82, 2.24) is 9.37 Å². The smallest absolute Gasteiger partial charge is 0.264 e. The molecule has 1 unspecified atom stereocenters. The van der Waals surface area contributed by atoms with E-state index in [1.807, 2.05) is 0 Å². The molecule has 1 saturated heterocycles. The zero-order chi connectivity index (χ0) is 11.6. The number of carbonyl (C=O) groups excluding carboxylic acids is 1. The maximum atomic E-state index is 11.7. The molecular formula is C8H16N2O4S. The third-order valence-electron chi connectivity index (χ3n) is 2.50. The van der Waals surface area contributed by atoms with Crippen LogP contribution in [0.15, 0.2) is 0 Å². The van der Waals surface area contributed by atoms with Gasteiger partial charge in [-0.05, 0) is 12.8 Å². The number of nitrogens with zero attached hydrogens (tertiary/aromatic N) is 2. The maximum Gasteiger partial charge on any atom is 0.264 e. The molecule has 1 rings (SSSR count). The highest BCUT2D eigenvalue weighted by Gasteiger charge is 2.37. The zero-order valence-electron chi connectivity index (χ0n) is 9.13. The molecule has 0 bridgehead atoms. The van der Waals surface area contributed by atoms with Crippen LogP contribution in [0.4, 0.5) is 0 Å². The monoisotopic (exact) mass is 236 g/mol. The molecule has 0 spiro atoms. The van der Waals surface area contributed by atoms with Crippen molar-refractivity contribution in [3.8, 4) is 0 Å². The lowest BCUT2D eigenvalue weighted by Crippen LogP contribution is -2.45. The highest BCUT2D eigenvalue weighted by atomic mass is 32.2. The molecule has 0 aromatic rings. The van der Waals surface area contributed by atoms with Crippen molar-refractivity contribution in [3.63, 3.8) is 0 Å². The van der Waals surface area contributed by atoms with E-state index in [-0.39, 0.29) is 5.91 Å². The fraction of sp³-hybridized carbons (Fsp3) is 0.875. The number of rotatable bonds is 3. The Morgan fingerprint density at radius 1 is 1.53 bits per heavy atom. The highest BCUT2D eigenvalue weighted by molar-refractivity contribution is 7.88. The van der Waals surface area contributed by atoms with E-state index in [1.54, 1.807) is 0 Å². The van der Waals surface area contributed by atoms with E-state index in [9.17, 15) is 13.2 Å². The number of hydrogen-bond donors (Lipinski definition) is 0. The van der Waals surface area contributed by atoms with Crippen LogP contribution >= 0.6 is 0 Å². The SMILES string of the molecule is CON(C)C(=O)C1CCCN1S(C)(=O)=O. The minimum atomic E-state index is -3.31. The zero-order valence-corrected chi connectivity index (χ0v) is 9.95. The van der Waals surface area contributed by atoms with E-state index >= 15 is 0 Å². The van der Waals surface area contributed by atoms with Crippen LogP contribution in [-0.2, 0) is 19.7 Å². The summed E-state index contributed by atoms with van der Waals surface area (Å²) in [6, 6.07) is -0.607. The molecule has 0 N–H and O–H groups in total. The second-order valence-corrected chi connectivity index (χ2v) is 5.49. The van der Waals surface area contributed by atoms with Gasteiger partial charge in [-0.25, -0.2) is 13.5 Å². The minimum absolute atomic E-state index is 0.319. The Kier molecular flexibility index (Phi) is 3.69. The standard InChI is InChI=1S/C8H16N2O4S/c1-9(14-2)8(11)7-5-4-6-10(7)15(3,12)13/h7H,4-6H2,1-3H3. The van der Waals surface area contributed by atoms with E-state index in [4.69, 9.17) is 4.84 Å². The largest absolute Gasteiger partial charge is 0.275 e. The van der Waals surface area contributed by atoms with E-state index in [2.05, 4.69) is 0 Å². The first-order valence-corrected chi connectivity index (χ1v) is 6.51.